The fourth-order valence-corrected chi connectivity index (χ4v) is 3.53. The van der Waals surface area contributed by atoms with E-state index in [4.69, 9.17) is 0 Å². The fourth-order valence-electron chi connectivity index (χ4n) is 3.53. The summed E-state index contributed by atoms with van der Waals surface area (Å²) in [5.41, 5.74) is 2.94. The first-order valence-electron chi connectivity index (χ1n) is 13.9. The zero-order chi connectivity index (χ0) is 29.5. The van der Waals surface area contributed by atoms with E-state index in [0.29, 0.717) is 43.6 Å². The largest absolute Gasteiger partial charge is 0.369 e. The van der Waals surface area contributed by atoms with Crippen LogP contribution in [0.2, 0.25) is 0 Å². The quantitative estimate of drug-likeness (QED) is 0.183. The van der Waals surface area contributed by atoms with E-state index in [2.05, 4.69) is 70.7 Å². The molecule has 1 aromatic carbocycles. The number of likely N-dealkylation sites (N-methyl/N-ethyl adjacent to an activating group) is 2. The van der Waals surface area contributed by atoms with E-state index >= 15 is 0 Å². The summed E-state index contributed by atoms with van der Waals surface area (Å²) in [6, 6.07) is 7.71. The van der Waals surface area contributed by atoms with Gasteiger partial charge in [-0.3, -0.25) is 9.59 Å². The number of nitrogens with one attached hydrogen (secondary N) is 3. The van der Waals surface area contributed by atoms with Crippen LogP contribution in [0, 0.1) is 11.8 Å². The molecule has 9 heteroatoms. The normalized spacial score (nSPS) is 11.7. The molecule has 1 heterocycles. The van der Waals surface area contributed by atoms with Crippen molar-refractivity contribution in [3.05, 3.63) is 53.7 Å². The zero-order valence-electron chi connectivity index (χ0n) is 25.0. The highest BCUT2D eigenvalue weighted by Gasteiger charge is 2.20. The molecule has 0 aliphatic heterocycles. The van der Waals surface area contributed by atoms with E-state index in [-0.39, 0.29) is 11.8 Å². The van der Waals surface area contributed by atoms with Gasteiger partial charge in [-0.05, 0) is 57.5 Å². The van der Waals surface area contributed by atoms with Crippen molar-refractivity contribution < 1.29 is 9.59 Å². The van der Waals surface area contributed by atoms with Gasteiger partial charge in [-0.2, -0.15) is 4.98 Å². The Hall–Kier alpha value is -3.90. The Morgan fingerprint density at radius 1 is 1.07 bits per heavy atom. The van der Waals surface area contributed by atoms with Crippen LogP contribution in [0.3, 0.4) is 0 Å². The highest BCUT2D eigenvalue weighted by Crippen LogP contribution is 2.20. The molecule has 40 heavy (non-hydrogen) atoms. The Morgan fingerprint density at radius 3 is 2.45 bits per heavy atom. The van der Waals surface area contributed by atoms with E-state index in [1.54, 1.807) is 26.2 Å². The second-order valence-electron chi connectivity index (χ2n) is 10.3. The van der Waals surface area contributed by atoms with Crippen LogP contribution in [-0.2, 0) is 9.59 Å². The lowest BCUT2D eigenvalue weighted by molar-refractivity contribution is -0.135. The minimum Gasteiger partial charge on any atom is -0.369 e. The maximum absolute atomic E-state index is 12.5. The third kappa shape index (κ3) is 11.1. The van der Waals surface area contributed by atoms with E-state index in [1.807, 2.05) is 31.1 Å². The molecule has 0 aliphatic carbocycles. The van der Waals surface area contributed by atoms with Gasteiger partial charge in [0.2, 0.25) is 17.8 Å². The topological polar surface area (TPSA) is 102 Å². The average molecular weight is 548 g/mol. The first-order chi connectivity index (χ1) is 19.1. The first-order valence-corrected chi connectivity index (χ1v) is 13.9. The van der Waals surface area contributed by atoms with Gasteiger partial charge in [0.1, 0.15) is 11.9 Å². The van der Waals surface area contributed by atoms with E-state index in [1.165, 1.54) is 16.5 Å². The summed E-state index contributed by atoms with van der Waals surface area (Å²) < 4.78 is 0. The van der Waals surface area contributed by atoms with Crippen molar-refractivity contribution in [2.24, 2.45) is 0 Å². The van der Waals surface area contributed by atoms with Gasteiger partial charge < -0.3 is 25.8 Å². The maximum atomic E-state index is 12.5. The second-order valence-corrected chi connectivity index (χ2v) is 10.3. The molecule has 216 valence electrons. The molecule has 3 N–H and O–H groups in total. The molecule has 1 aromatic heterocycles. The maximum Gasteiger partial charge on any atom is 0.246 e. The van der Waals surface area contributed by atoms with Crippen LogP contribution in [0.1, 0.15) is 64.0 Å². The molecule has 2 rings (SSSR count). The number of aromatic nitrogens is 2. The van der Waals surface area contributed by atoms with Gasteiger partial charge in [0.05, 0.1) is 11.8 Å². The number of unbranched alkanes of at least 4 members (excludes halogenated alkanes) is 1. The number of carbonyl (C=O) groups excluding carboxylic acids is 2. The first kappa shape index (κ1) is 32.3. The van der Waals surface area contributed by atoms with Crippen LogP contribution >= 0.6 is 0 Å². The third-order valence-corrected chi connectivity index (χ3v) is 6.20. The van der Waals surface area contributed by atoms with Gasteiger partial charge in [-0.25, -0.2) is 4.98 Å². The summed E-state index contributed by atoms with van der Waals surface area (Å²) in [6.07, 6.45) is 7.27. The number of rotatable bonds is 14. The fraction of sp³-hybridized carbons (Fsp3) is 0.484. The van der Waals surface area contributed by atoms with Gasteiger partial charge in [-0.1, -0.05) is 50.8 Å². The number of benzene rings is 1. The van der Waals surface area contributed by atoms with Crippen molar-refractivity contribution in [1.82, 2.24) is 25.1 Å². The van der Waals surface area contributed by atoms with Crippen molar-refractivity contribution in [2.75, 3.05) is 51.4 Å². The van der Waals surface area contributed by atoms with Crippen LogP contribution < -0.4 is 16.0 Å². The molecular formula is C31H45N7O2. The molecule has 0 fully saturated rings. The summed E-state index contributed by atoms with van der Waals surface area (Å²) in [5, 5.41) is 9.50. The van der Waals surface area contributed by atoms with Crippen LogP contribution in [-0.4, -0.2) is 78.4 Å². The van der Waals surface area contributed by atoms with Crippen molar-refractivity contribution in [1.29, 1.82) is 0 Å². The molecule has 2 aromatic rings. The summed E-state index contributed by atoms with van der Waals surface area (Å²) in [6.45, 7) is 10.1. The summed E-state index contributed by atoms with van der Waals surface area (Å²) in [4.78, 5) is 37.2. The van der Waals surface area contributed by atoms with Crippen molar-refractivity contribution >= 4 is 29.3 Å². The molecule has 2 amide bonds. The minimum absolute atomic E-state index is 0.189. The monoisotopic (exact) mass is 547 g/mol. The van der Waals surface area contributed by atoms with Crippen molar-refractivity contribution in [3.63, 3.8) is 0 Å². The predicted octanol–water partition coefficient (Wildman–Crippen LogP) is 4.38. The molecular weight excluding hydrogens is 502 g/mol. The smallest absolute Gasteiger partial charge is 0.246 e. The average Bonchev–Trinajstić information content (AvgIpc) is 2.93. The lowest BCUT2D eigenvalue weighted by atomic mass is 10.0. The van der Waals surface area contributed by atoms with Crippen molar-refractivity contribution in [2.45, 2.75) is 58.9 Å². The van der Waals surface area contributed by atoms with Crippen molar-refractivity contribution in [3.8, 4) is 11.8 Å². The molecule has 0 saturated heterocycles. The summed E-state index contributed by atoms with van der Waals surface area (Å²) in [7, 11) is 5.49. The number of amides is 2. The van der Waals surface area contributed by atoms with E-state index < -0.39 is 6.04 Å². The predicted molar refractivity (Wildman–Crippen MR) is 164 cm³/mol. The van der Waals surface area contributed by atoms with Crippen LogP contribution in [0.5, 0.6) is 0 Å². The molecule has 1 atom stereocenters. The molecule has 0 aliphatic rings. The van der Waals surface area contributed by atoms with Gasteiger partial charge in [0.25, 0.3) is 0 Å². The Balaban J connectivity index is 1.89. The van der Waals surface area contributed by atoms with Gasteiger partial charge >= 0.3 is 0 Å². The highest BCUT2D eigenvalue weighted by molar-refractivity contribution is 5.92. The molecule has 0 radical (unpaired) electrons. The number of nitrogens with zero attached hydrogens (tertiary/aromatic N) is 4. The van der Waals surface area contributed by atoms with Crippen LogP contribution in [0.15, 0.2) is 42.6 Å². The Morgan fingerprint density at radius 2 is 1.80 bits per heavy atom. The molecule has 0 spiro atoms. The van der Waals surface area contributed by atoms with Gasteiger partial charge in [-0.15, -0.1) is 0 Å². The molecule has 0 saturated carbocycles. The number of anilines is 3. The molecule has 0 bridgehead atoms. The van der Waals surface area contributed by atoms with E-state index in [0.717, 1.165) is 24.2 Å². The Kier molecular flexibility index (Phi) is 13.7. The summed E-state index contributed by atoms with van der Waals surface area (Å²) >= 11 is 0. The summed E-state index contributed by atoms with van der Waals surface area (Å²) in [5.74, 6) is 7.62. The Bertz CT molecular complexity index is 1180. The lowest BCUT2D eigenvalue weighted by Crippen LogP contribution is -2.45. The Labute approximate surface area is 239 Å². The third-order valence-electron chi connectivity index (χ3n) is 6.20. The number of hydrogen-bond donors (Lipinski definition) is 3. The van der Waals surface area contributed by atoms with Crippen LogP contribution in [0.25, 0.3) is 0 Å². The minimum atomic E-state index is -0.563. The second kappa shape index (κ2) is 16.9. The standard InChI is InChI=1S/C31H45N7O2/c1-8-19-32-29-26(22-34-31(36-29)35-27-17-15-25(16-18-27)23(2)3)13-10-9-11-20-33-30(40)24(4)38(7)28(39)14-12-21-37(5)6/h12,14-18,22-24H,8-9,11,19-21H2,1-7H3,(H,33,40)(H2,32,34,35,36)/t24-/m0/s1. The molecule has 9 nitrogen and oxygen atoms in total. The van der Waals surface area contributed by atoms with Gasteiger partial charge in [0.15, 0.2) is 0 Å². The molecule has 0 unspecified atom stereocenters. The zero-order valence-corrected chi connectivity index (χ0v) is 25.0. The number of carbonyl (C=O) groups is 2. The van der Waals surface area contributed by atoms with E-state index in [9.17, 15) is 9.59 Å². The highest BCUT2D eigenvalue weighted by atomic mass is 16.2. The number of hydrogen-bond acceptors (Lipinski definition) is 7. The van der Waals surface area contributed by atoms with Crippen LogP contribution in [0.4, 0.5) is 17.5 Å². The lowest BCUT2D eigenvalue weighted by Gasteiger charge is -2.23. The van der Waals surface area contributed by atoms with Gasteiger partial charge in [0, 0.05) is 44.9 Å². The SMILES string of the molecule is CCCNc1nc(Nc2ccc(C(C)C)cc2)ncc1C#CCCCNC(=O)[C@H](C)N(C)C(=O)C=CCN(C)C.